The molecule has 2 rings (SSSR count). The molecule has 52 valence electrons. The predicted molar refractivity (Wildman–Crippen MR) is 35.2 cm³/mol. The Balaban J connectivity index is 1.97. The third kappa shape index (κ3) is 0.578. The minimum Gasteiger partial charge on any atom is -0.393 e. The molecule has 0 aromatic carbocycles. The number of hydrogen-bond donors (Lipinski definition) is 1. The van der Waals surface area contributed by atoms with Crippen molar-refractivity contribution in [2.75, 3.05) is 13.6 Å². The summed E-state index contributed by atoms with van der Waals surface area (Å²) < 4.78 is 0. The van der Waals surface area contributed by atoms with Gasteiger partial charge in [-0.3, -0.25) is 0 Å². The van der Waals surface area contributed by atoms with Crippen LogP contribution in [0.25, 0.3) is 0 Å². The minimum atomic E-state index is 0.00718. The van der Waals surface area contributed by atoms with Crippen LogP contribution in [0.5, 0.6) is 0 Å². The zero-order valence-electron chi connectivity index (χ0n) is 5.80. The summed E-state index contributed by atoms with van der Waals surface area (Å²) in [5.74, 6) is 0. The number of rotatable bonds is 0. The second kappa shape index (κ2) is 1.50. The Morgan fingerprint density at radius 3 is 2.33 bits per heavy atom. The summed E-state index contributed by atoms with van der Waals surface area (Å²) >= 11 is 0. The summed E-state index contributed by atoms with van der Waals surface area (Å²) in [6, 6.07) is 0. The molecule has 0 aromatic heterocycles. The molecule has 1 heterocycles. The van der Waals surface area contributed by atoms with Crippen LogP contribution in [0.3, 0.4) is 0 Å². The van der Waals surface area contributed by atoms with E-state index in [4.69, 9.17) is 5.11 Å². The summed E-state index contributed by atoms with van der Waals surface area (Å²) in [5.41, 5.74) is 0.458. The lowest BCUT2D eigenvalue weighted by atomic mass is 9.66. The Morgan fingerprint density at radius 2 is 2.22 bits per heavy atom. The summed E-state index contributed by atoms with van der Waals surface area (Å²) in [6.07, 6.45) is 3.35. The third-order valence-corrected chi connectivity index (χ3v) is 2.95. The van der Waals surface area contributed by atoms with E-state index in [9.17, 15) is 0 Å². The van der Waals surface area contributed by atoms with Gasteiger partial charge in [-0.05, 0) is 26.3 Å². The van der Waals surface area contributed by atoms with E-state index >= 15 is 0 Å². The average molecular weight is 127 g/mol. The van der Waals surface area contributed by atoms with E-state index in [0.29, 0.717) is 5.54 Å². The molecular formula is C7H13NO. The molecule has 9 heavy (non-hydrogen) atoms. The van der Waals surface area contributed by atoms with Crippen molar-refractivity contribution in [3.8, 4) is 0 Å². The van der Waals surface area contributed by atoms with E-state index in [-0.39, 0.29) is 6.10 Å². The van der Waals surface area contributed by atoms with E-state index in [1.807, 2.05) is 0 Å². The standard InChI is InChI=1S/C7H13NO/c1-8-3-2-7(8)4-6(9)5-7/h6,9H,2-5H2,1H3. The largest absolute Gasteiger partial charge is 0.393 e. The van der Waals surface area contributed by atoms with Crippen LogP contribution in [0.15, 0.2) is 0 Å². The van der Waals surface area contributed by atoms with Crippen LogP contribution in [-0.2, 0) is 0 Å². The van der Waals surface area contributed by atoms with Crippen LogP contribution >= 0.6 is 0 Å². The maximum absolute atomic E-state index is 9.04. The Labute approximate surface area is 55.5 Å². The normalized spacial score (nSPS) is 50.7. The summed E-state index contributed by atoms with van der Waals surface area (Å²) in [5, 5.41) is 9.04. The SMILES string of the molecule is CN1CCC12CC(O)C2. The molecule has 1 saturated heterocycles. The molecule has 1 N–H and O–H groups in total. The van der Waals surface area contributed by atoms with Crippen molar-refractivity contribution in [1.29, 1.82) is 0 Å². The molecule has 0 unspecified atom stereocenters. The van der Waals surface area contributed by atoms with E-state index in [2.05, 4.69) is 11.9 Å². The first-order chi connectivity index (χ1) is 4.23. The highest BCUT2D eigenvalue weighted by atomic mass is 16.3. The molecule has 1 spiro atoms. The number of hydrogen-bond acceptors (Lipinski definition) is 2. The van der Waals surface area contributed by atoms with Crippen molar-refractivity contribution in [1.82, 2.24) is 4.90 Å². The highest BCUT2D eigenvalue weighted by molar-refractivity contribution is 5.07. The second-order valence-corrected chi connectivity index (χ2v) is 3.46. The molecule has 1 aliphatic carbocycles. The number of aliphatic hydroxyl groups excluding tert-OH is 1. The molecule has 2 heteroatoms. The zero-order valence-corrected chi connectivity index (χ0v) is 5.80. The number of likely N-dealkylation sites (tertiary alicyclic amines) is 1. The molecule has 2 nitrogen and oxygen atoms in total. The van der Waals surface area contributed by atoms with Crippen LogP contribution in [0.4, 0.5) is 0 Å². The predicted octanol–water partition coefficient (Wildman–Crippen LogP) is 0.215. The molecule has 1 aliphatic heterocycles. The molecule has 0 aromatic rings. The van der Waals surface area contributed by atoms with Crippen LogP contribution in [0, 0.1) is 0 Å². The van der Waals surface area contributed by atoms with Crippen molar-refractivity contribution in [2.24, 2.45) is 0 Å². The molecule has 0 radical (unpaired) electrons. The molecule has 0 amide bonds. The molecular weight excluding hydrogens is 114 g/mol. The van der Waals surface area contributed by atoms with Gasteiger partial charge in [0.15, 0.2) is 0 Å². The van der Waals surface area contributed by atoms with Crippen molar-refractivity contribution in [3.05, 3.63) is 0 Å². The Kier molecular flexibility index (Phi) is 0.945. The average Bonchev–Trinajstić information content (AvgIpc) is 1.77. The van der Waals surface area contributed by atoms with Gasteiger partial charge in [-0.25, -0.2) is 0 Å². The Hall–Kier alpha value is -0.0800. The molecule has 2 aliphatic rings. The zero-order chi connectivity index (χ0) is 6.48. The van der Waals surface area contributed by atoms with Gasteiger partial charge >= 0.3 is 0 Å². The van der Waals surface area contributed by atoms with Crippen molar-refractivity contribution >= 4 is 0 Å². The summed E-state index contributed by atoms with van der Waals surface area (Å²) in [7, 11) is 2.15. The van der Waals surface area contributed by atoms with Crippen LogP contribution < -0.4 is 0 Å². The molecule has 0 atom stereocenters. The topological polar surface area (TPSA) is 23.5 Å². The van der Waals surface area contributed by atoms with Gasteiger partial charge in [0.05, 0.1) is 6.10 Å². The lowest BCUT2D eigenvalue weighted by Crippen LogP contribution is -2.66. The highest BCUT2D eigenvalue weighted by Crippen LogP contribution is 2.45. The second-order valence-electron chi connectivity index (χ2n) is 3.46. The van der Waals surface area contributed by atoms with E-state index in [1.54, 1.807) is 0 Å². The Bertz CT molecular complexity index is 129. The first kappa shape index (κ1) is 5.69. The summed E-state index contributed by atoms with van der Waals surface area (Å²) in [6.45, 7) is 1.23. The quantitative estimate of drug-likeness (QED) is 0.503. The third-order valence-electron chi connectivity index (χ3n) is 2.95. The molecule has 1 saturated carbocycles. The fourth-order valence-corrected chi connectivity index (χ4v) is 1.98. The first-order valence-corrected chi connectivity index (χ1v) is 3.62. The van der Waals surface area contributed by atoms with E-state index < -0.39 is 0 Å². The fourth-order valence-electron chi connectivity index (χ4n) is 1.98. The van der Waals surface area contributed by atoms with Gasteiger partial charge in [0.2, 0.25) is 0 Å². The van der Waals surface area contributed by atoms with Crippen LogP contribution in [-0.4, -0.2) is 35.2 Å². The van der Waals surface area contributed by atoms with Gasteiger partial charge in [0, 0.05) is 12.1 Å². The number of nitrogens with zero attached hydrogens (tertiary/aromatic N) is 1. The van der Waals surface area contributed by atoms with Gasteiger partial charge in [-0.2, -0.15) is 0 Å². The lowest BCUT2D eigenvalue weighted by molar-refractivity contribution is -0.122. The highest BCUT2D eigenvalue weighted by Gasteiger charge is 2.51. The number of aliphatic hydroxyl groups is 1. The van der Waals surface area contributed by atoms with Gasteiger partial charge in [0.1, 0.15) is 0 Å². The van der Waals surface area contributed by atoms with E-state index in [0.717, 1.165) is 12.8 Å². The van der Waals surface area contributed by atoms with Crippen LogP contribution in [0.2, 0.25) is 0 Å². The van der Waals surface area contributed by atoms with Gasteiger partial charge < -0.3 is 10.0 Å². The summed E-state index contributed by atoms with van der Waals surface area (Å²) in [4.78, 5) is 2.36. The minimum absolute atomic E-state index is 0.00718. The smallest absolute Gasteiger partial charge is 0.0575 e. The van der Waals surface area contributed by atoms with Crippen molar-refractivity contribution in [3.63, 3.8) is 0 Å². The molecule has 0 bridgehead atoms. The Morgan fingerprint density at radius 1 is 1.56 bits per heavy atom. The lowest BCUT2D eigenvalue weighted by Gasteiger charge is -2.59. The molecule has 2 fully saturated rings. The fraction of sp³-hybridized carbons (Fsp3) is 1.00. The monoisotopic (exact) mass is 127 g/mol. The maximum atomic E-state index is 9.04. The first-order valence-electron chi connectivity index (χ1n) is 3.62. The van der Waals surface area contributed by atoms with Crippen molar-refractivity contribution < 1.29 is 5.11 Å². The van der Waals surface area contributed by atoms with Gasteiger partial charge in [-0.15, -0.1) is 0 Å². The van der Waals surface area contributed by atoms with Crippen molar-refractivity contribution in [2.45, 2.75) is 30.9 Å². The van der Waals surface area contributed by atoms with Crippen LogP contribution in [0.1, 0.15) is 19.3 Å². The maximum Gasteiger partial charge on any atom is 0.0575 e. The van der Waals surface area contributed by atoms with Gasteiger partial charge in [-0.1, -0.05) is 0 Å². The van der Waals surface area contributed by atoms with Gasteiger partial charge in [0.25, 0.3) is 0 Å². The van der Waals surface area contributed by atoms with E-state index in [1.165, 1.54) is 13.0 Å².